The fourth-order valence-electron chi connectivity index (χ4n) is 2.26. The van der Waals surface area contributed by atoms with Crippen molar-refractivity contribution in [1.29, 1.82) is 0 Å². The van der Waals surface area contributed by atoms with Crippen LogP contribution in [0, 0.1) is 0 Å². The van der Waals surface area contributed by atoms with E-state index in [4.69, 9.17) is 0 Å². The van der Waals surface area contributed by atoms with E-state index in [1.54, 1.807) is 31.4 Å². The first kappa shape index (κ1) is 17.1. The van der Waals surface area contributed by atoms with Gasteiger partial charge in [-0.1, -0.05) is 32.9 Å². The molecule has 1 heterocycles. The molecule has 0 amide bonds. The molecule has 2 rings (SSSR count). The Morgan fingerprint density at radius 1 is 1.00 bits per heavy atom. The average Bonchev–Trinajstić information content (AvgIpc) is 2.38. The smallest absolute Gasteiger partial charge is 0.405 e. The number of halogens is 3. The molecule has 0 atom stereocenters. The third-order valence-electron chi connectivity index (χ3n) is 3.45. The van der Waals surface area contributed by atoms with E-state index >= 15 is 0 Å². The van der Waals surface area contributed by atoms with Crippen molar-refractivity contribution in [2.45, 2.75) is 32.5 Å². The lowest BCUT2D eigenvalue weighted by molar-refractivity contribution is -0.275. The minimum atomic E-state index is -4.77. The molecule has 0 N–H and O–H groups in total. The topological polar surface area (TPSA) is 31.2 Å². The number of alkyl halides is 3. The number of pyridine rings is 1. The molecule has 0 spiro atoms. The van der Waals surface area contributed by atoms with Crippen LogP contribution in [0.5, 0.6) is 5.75 Å². The number of ether oxygens (including phenoxy) is 1. The maximum absolute atomic E-state index is 12.7. The zero-order valence-electron chi connectivity index (χ0n) is 13.4. The molecular formula is C17H18F3NO2. The highest BCUT2D eigenvalue weighted by Crippen LogP contribution is 2.37. The lowest BCUT2D eigenvalue weighted by Crippen LogP contribution is -2.21. The summed E-state index contributed by atoms with van der Waals surface area (Å²) < 4.78 is 43.6. The van der Waals surface area contributed by atoms with Crippen molar-refractivity contribution in [1.82, 2.24) is 4.57 Å². The Morgan fingerprint density at radius 3 is 2.13 bits per heavy atom. The Labute approximate surface area is 132 Å². The van der Waals surface area contributed by atoms with Crippen LogP contribution in [0.3, 0.4) is 0 Å². The van der Waals surface area contributed by atoms with Crippen molar-refractivity contribution < 1.29 is 17.9 Å². The van der Waals surface area contributed by atoms with Gasteiger partial charge >= 0.3 is 6.36 Å². The summed E-state index contributed by atoms with van der Waals surface area (Å²) in [6.45, 7) is 5.43. The number of nitrogens with zero attached hydrogens (tertiary/aromatic N) is 1. The van der Waals surface area contributed by atoms with Crippen LogP contribution < -0.4 is 10.3 Å². The highest BCUT2D eigenvalue weighted by molar-refractivity contribution is 5.66. The van der Waals surface area contributed by atoms with Crippen LogP contribution in [-0.2, 0) is 12.5 Å². The summed E-state index contributed by atoms with van der Waals surface area (Å²) in [7, 11) is 1.60. The van der Waals surface area contributed by atoms with Crippen LogP contribution in [0.1, 0.15) is 26.3 Å². The zero-order chi connectivity index (χ0) is 17.4. The Kier molecular flexibility index (Phi) is 4.28. The van der Waals surface area contributed by atoms with Gasteiger partial charge in [0, 0.05) is 19.3 Å². The quantitative estimate of drug-likeness (QED) is 0.826. The summed E-state index contributed by atoms with van der Waals surface area (Å²) in [5.41, 5.74) is 0.741. The first-order valence-corrected chi connectivity index (χ1v) is 7.05. The molecule has 3 nitrogen and oxygen atoms in total. The summed E-state index contributed by atoms with van der Waals surface area (Å²) >= 11 is 0. The Hall–Kier alpha value is -2.24. The third-order valence-corrected chi connectivity index (χ3v) is 3.45. The van der Waals surface area contributed by atoms with E-state index in [0.717, 1.165) is 0 Å². The van der Waals surface area contributed by atoms with Crippen molar-refractivity contribution in [2.24, 2.45) is 7.05 Å². The minimum absolute atomic E-state index is 0.235. The molecule has 0 fully saturated rings. The van der Waals surface area contributed by atoms with Crippen molar-refractivity contribution in [3.63, 3.8) is 0 Å². The first-order valence-electron chi connectivity index (χ1n) is 7.05. The second kappa shape index (κ2) is 5.76. The van der Waals surface area contributed by atoms with Gasteiger partial charge in [-0.15, -0.1) is 13.2 Å². The van der Waals surface area contributed by atoms with Gasteiger partial charge in [-0.25, -0.2) is 0 Å². The second-order valence-electron chi connectivity index (χ2n) is 6.37. The van der Waals surface area contributed by atoms with Gasteiger partial charge in [-0.3, -0.25) is 4.79 Å². The molecule has 23 heavy (non-hydrogen) atoms. The molecule has 0 aliphatic carbocycles. The molecule has 0 aliphatic heterocycles. The van der Waals surface area contributed by atoms with Gasteiger partial charge in [-0.2, -0.15) is 0 Å². The summed E-state index contributed by atoms with van der Waals surface area (Å²) in [5, 5.41) is 0. The SMILES string of the molecule is Cn1ccc(-c2ccc(C(C)(C)C)c(OC(F)(F)F)c2)cc1=O. The maximum Gasteiger partial charge on any atom is 0.573 e. The standard InChI is InChI=1S/C17H18F3NO2/c1-16(2,3)13-6-5-11(9-14(13)23-17(18,19)20)12-7-8-21(4)15(22)10-12/h5-10H,1-4H3. The predicted molar refractivity (Wildman–Crippen MR) is 82.5 cm³/mol. The normalized spacial score (nSPS) is 12.3. The summed E-state index contributed by atoms with van der Waals surface area (Å²) in [5.74, 6) is -0.247. The van der Waals surface area contributed by atoms with Gasteiger partial charge in [-0.05, 0) is 34.2 Å². The molecule has 0 saturated heterocycles. The molecule has 2 aromatic rings. The average molecular weight is 325 g/mol. The fourth-order valence-corrected chi connectivity index (χ4v) is 2.26. The summed E-state index contributed by atoms with van der Waals surface area (Å²) in [6.07, 6.45) is -3.20. The maximum atomic E-state index is 12.7. The second-order valence-corrected chi connectivity index (χ2v) is 6.37. The van der Waals surface area contributed by atoms with Gasteiger partial charge in [0.1, 0.15) is 5.75 Å². The first-order chi connectivity index (χ1) is 10.5. The molecular weight excluding hydrogens is 307 g/mol. The number of aryl methyl sites for hydroxylation is 1. The van der Waals surface area contributed by atoms with Crippen LogP contribution in [0.25, 0.3) is 11.1 Å². The van der Waals surface area contributed by atoms with E-state index in [9.17, 15) is 18.0 Å². The number of benzene rings is 1. The van der Waals surface area contributed by atoms with Crippen LogP contribution >= 0.6 is 0 Å². The van der Waals surface area contributed by atoms with Crippen LogP contribution in [0.4, 0.5) is 13.2 Å². The highest BCUT2D eigenvalue weighted by atomic mass is 19.4. The molecule has 0 aliphatic rings. The van der Waals surface area contributed by atoms with Gasteiger partial charge in [0.2, 0.25) is 0 Å². The van der Waals surface area contributed by atoms with Gasteiger partial charge in [0.15, 0.2) is 0 Å². The van der Waals surface area contributed by atoms with Crippen LogP contribution in [-0.4, -0.2) is 10.9 Å². The van der Waals surface area contributed by atoms with E-state index < -0.39 is 11.8 Å². The summed E-state index contributed by atoms with van der Waals surface area (Å²) in [4.78, 5) is 11.7. The molecule has 124 valence electrons. The number of rotatable bonds is 2. The highest BCUT2D eigenvalue weighted by Gasteiger charge is 2.33. The van der Waals surface area contributed by atoms with Crippen molar-refractivity contribution in [2.75, 3.05) is 0 Å². The molecule has 0 saturated carbocycles. The monoisotopic (exact) mass is 325 g/mol. The lowest BCUT2D eigenvalue weighted by Gasteiger charge is -2.24. The molecule has 1 aromatic carbocycles. The van der Waals surface area contributed by atoms with E-state index in [2.05, 4.69) is 4.74 Å². The van der Waals surface area contributed by atoms with Gasteiger partial charge in [0.25, 0.3) is 5.56 Å². The molecule has 6 heteroatoms. The Bertz CT molecular complexity index is 771. The molecule has 0 unspecified atom stereocenters. The summed E-state index contributed by atoms with van der Waals surface area (Å²) in [6, 6.07) is 7.67. The van der Waals surface area contributed by atoms with Crippen molar-refractivity contribution >= 4 is 0 Å². The number of hydrogen-bond acceptors (Lipinski definition) is 2. The molecule has 0 bridgehead atoms. The Balaban J connectivity index is 2.57. The van der Waals surface area contributed by atoms with Crippen LogP contribution in [0.15, 0.2) is 41.3 Å². The lowest BCUT2D eigenvalue weighted by atomic mass is 9.85. The van der Waals surface area contributed by atoms with Gasteiger partial charge in [0.05, 0.1) is 0 Å². The van der Waals surface area contributed by atoms with Crippen molar-refractivity contribution in [3.8, 4) is 16.9 Å². The Morgan fingerprint density at radius 2 is 1.61 bits per heavy atom. The number of aromatic nitrogens is 1. The van der Waals surface area contributed by atoms with E-state index in [1.807, 2.05) is 20.8 Å². The van der Waals surface area contributed by atoms with Gasteiger partial charge < -0.3 is 9.30 Å². The van der Waals surface area contributed by atoms with E-state index in [1.165, 1.54) is 16.7 Å². The predicted octanol–water partition coefficient (Wildman–Crippen LogP) is 4.25. The largest absolute Gasteiger partial charge is 0.573 e. The number of hydrogen-bond donors (Lipinski definition) is 0. The van der Waals surface area contributed by atoms with E-state index in [-0.39, 0.29) is 11.3 Å². The zero-order valence-corrected chi connectivity index (χ0v) is 13.4. The third kappa shape index (κ3) is 4.15. The van der Waals surface area contributed by atoms with E-state index in [0.29, 0.717) is 16.7 Å². The van der Waals surface area contributed by atoms with Crippen molar-refractivity contribution in [3.05, 3.63) is 52.4 Å². The molecule has 0 radical (unpaired) electrons. The minimum Gasteiger partial charge on any atom is -0.405 e. The fraction of sp³-hybridized carbons (Fsp3) is 0.353. The van der Waals surface area contributed by atoms with Crippen LogP contribution in [0.2, 0.25) is 0 Å². The molecule has 1 aromatic heterocycles.